The molecular formula is C16H24N2OS. The zero-order valence-corrected chi connectivity index (χ0v) is 13.0. The summed E-state index contributed by atoms with van der Waals surface area (Å²) in [6, 6.07) is 2.16. The van der Waals surface area contributed by atoms with Gasteiger partial charge in [-0.25, -0.2) is 0 Å². The number of carbonyl (C=O) groups excluding carboxylic acids is 1. The van der Waals surface area contributed by atoms with Gasteiger partial charge in [0.05, 0.1) is 4.88 Å². The van der Waals surface area contributed by atoms with Gasteiger partial charge in [0, 0.05) is 18.0 Å². The fraction of sp³-hybridized carbons (Fsp3) is 0.688. The number of nitrogens with zero attached hydrogens (tertiary/aromatic N) is 1. The van der Waals surface area contributed by atoms with Crippen LogP contribution in [0.4, 0.5) is 0 Å². The second-order valence-electron chi connectivity index (χ2n) is 6.38. The number of thiophene rings is 1. The number of fused-ring (bicyclic) bond motifs is 1. The summed E-state index contributed by atoms with van der Waals surface area (Å²) in [4.78, 5) is 17.0. The number of piperidine rings is 1. The van der Waals surface area contributed by atoms with E-state index in [-0.39, 0.29) is 5.91 Å². The highest BCUT2D eigenvalue weighted by Crippen LogP contribution is 2.33. The lowest BCUT2D eigenvalue weighted by Crippen LogP contribution is -2.39. The zero-order valence-electron chi connectivity index (χ0n) is 12.2. The molecule has 3 nitrogen and oxygen atoms in total. The Hall–Kier alpha value is -0.870. The average molecular weight is 292 g/mol. The predicted molar refractivity (Wildman–Crippen MR) is 83.2 cm³/mol. The molecule has 2 N–H and O–H groups in total. The van der Waals surface area contributed by atoms with E-state index < -0.39 is 0 Å². The van der Waals surface area contributed by atoms with Gasteiger partial charge >= 0.3 is 0 Å². The van der Waals surface area contributed by atoms with Crippen molar-refractivity contribution in [2.24, 2.45) is 17.6 Å². The standard InChI is InChI=1S/C16H24N2OS/c1-11-2-3-14-13(8-11)9-15(20-14)16(19)18-6-4-12(10-17)5-7-18/h9,11-12H,2-8,10,17H2,1H3. The third kappa shape index (κ3) is 2.77. The van der Waals surface area contributed by atoms with Crippen molar-refractivity contribution < 1.29 is 4.79 Å². The van der Waals surface area contributed by atoms with E-state index in [0.29, 0.717) is 5.92 Å². The molecule has 0 radical (unpaired) electrons. The Morgan fingerprint density at radius 2 is 2.15 bits per heavy atom. The highest BCUT2D eigenvalue weighted by molar-refractivity contribution is 7.14. The maximum atomic E-state index is 12.6. The van der Waals surface area contributed by atoms with Crippen LogP contribution < -0.4 is 5.73 Å². The van der Waals surface area contributed by atoms with Crippen LogP contribution in [-0.4, -0.2) is 30.4 Å². The number of likely N-dealkylation sites (tertiary alicyclic amines) is 1. The maximum absolute atomic E-state index is 12.6. The van der Waals surface area contributed by atoms with Crippen LogP contribution in [-0.2, 0) is 12.8 Å². The van der Waals surface area contributed by atoms with Gasteiger partial charge in [0.2, 0.25) is 0 Å². The normalized spacial score (nSPS) is 23.7. The Morgan fingerprint density at radius 3 is 2.85 bits per heavy atom. The van der Waals surface area contributed by atoms with Crippen molar-refractivity contribution in [3.63, 3.8) is 0 Å². The Balaban J connectivity index is 1.69. The smallest absolute Gasteiger partial charge is 0.263 e. The van der Waals surface area contributed by atoms with Crippen LogP contribution in [0.1, 0.15) is 46.3 Å². The van der Waals surface area contributed by atoms with Crippen molar-refractivity contribution >= 4 is 17.2 Å². The van der Waals surface area contributed by atoms with Gasteiger partial charge in [-0.2, -0.15) is 0 Å². The van der Waals surface area contributed by atoms with Gasteiger partial charge in [-0.1, -0.05) is 6.92 Å². The Kier molecular flexibility index (Phi) is 4.13. The largest absolute Gasteiger partial charge is 0.338 e. The van der Waals surface area contributed by atoms with E-state index in [1.165, 1.54) is 16.9 Å². The van der Waals surface area contributed by atoms with Crippen molar-refractivity contribution in [3.05, 3.63) is 21.4 Å². The summed E-state index contributed by atoms with van der Waals surface area (Å²) in [5.74, 6) is 1.62. The van der Waals surface area contributed by atoms with Crippen LogP contribution in [0.3, 0.4) is 0 Å². The Bertz CT molecular complexity index is 489. The first kappa shape index (κ1) is 14.1. The lowest BCUT2D eigenvalue weighted by Gasteiger charge is -2.31. The van der Waals surface area contributed by atoms with Crippen LogP contribution in [0.5, 0.6) is 0 Å². The molecule has 1 atom stereocenters. The Labute approximate surface area is 125 Å². The highest BCUT2D eigenvalue weighted by Gasteiger charge is 2.26. The molecule has 1 amide bonds. The van der Waals surface area contributed by atoms with Crippen LogP contribution in [0, 0.1) is 11.8 Å². The molecule has 0 spiro atoms. The van der Waals surface area contributed by atoms with E-state index in [2.05, 4.69) is 13.0 Å². The summed E-state index contributed by atoms with van der Waals surface area (Å²) < 4.78 is 0. The lowest BCUT2D eigenvalue weighted by molar-refractivity contribution is 0.0698. The van der Waals surface area contributed by atoms with Gasteiger partial charge in [0.25, 0.3) is 5.91 Å². The molecule has 1 aliphatic heterocycles. The van der Waals surface area contributed by atoms with E-state index in [4.69, 9.17) is 5.73 Å². The minimum Gasteiger partial charge on any atom is -0.338 e. The SMILES string of the molecule is CC1CCc2sc(C(=O)N3CCC(CN)CC3)cc2C1. The highest BCUT2D eigenvalue weighted by atomic mass is 32.1. The van der Waals surface area contributed by atoms with E-state index in [0.717, 1.165) is 56.1 Å². The van der Waals surface area contributed by atoms with Crippen molar-refractivity contribution in [3.8, 4) is 0 Å². The molecule has 20 heavy (non-hydrogen) atoms. The van der Waals surface area contributed by atoms with Gasteiger partial charge < -0.3 is 10.6 Å². The summed E-state index contributed by atoms with van der Waals surface area (Å²) in [6.07, 6.45) is 5.69. The first-order chi connectivity index (χ1) is 9.67. The second-order valence-corrected chi connectivity index (χ2v) is 7.52. The van der Waals surface area contributed by atoms with Gasteiger partial charge in [-0.3, -0.25) is 4.79 Å². The number of rotatable bonds is 2. The van der Waals surface area contributed by atoms with E-state index in [1.807, 2.05) is 4.90 Å². The number of amides is 1. The Morgan fingerprint density at radius 1 is 1.40 bits per heavy atom. The molecule has 1 aromatic heterocycles. The molecule has 2 aliphatic rings. The quantitative estimate of drug-likeness (QED) is 0.911. The molecule has 1 unspecified atom stereocenters. The van der Waals surface area contributed by atoms with Gasteiger partial charge in [0.1, 0.15) is 0 Å². The van der Waals surface area contributed by atoms with E-state index in [9.17, 15) is 4.79 Å². The number of hydrogen-bond acceptors (Lipinski definition) is 3. The number of aryl methyl sites for hydroxylation is 1. The first-order valence-corrected chi connectivity index (χ1v) is 8.60. The van der Waals surface area contributed by atoms with Crippen LogP contribution in [0.2, 0.25) is 0 Å². The minimum atomic E-state index is 0.243. The zero-order chi connectivity index (χ0) is 14.1. The number of nitrogens with two attached hydrogens (primary N) is 1. The first-order valence-electron chi connectivity index (χ1n) is 7.78. The summed E-state index contributed by atoms with van der Waals surface area (Å²) in [6.45, 7) is 4.81. The maximum Gasteiger partial charge on any atom is 0.263 e. The lowest BCUT2D eigenvalue weighted by atomic mass is 9.90. The van der Waals surface area contributed by atoms with Crippen molar-refractivity contribution in [2.75, 3.05) is 19.6 Å². The van der Waals surface area contributed by atoms with E-state index >= 15 is 0 Å². The third-order valence-corrected chi connectivity index (χ3v) is 6.00. The molecular weight excluding hydrogens is 268 g/mol. The molecule has 1 aliphatic carbocycles. The molecule has 1 saturated heterocycles. The van der Waals surface area contributed by atoms with Gasteiger partial charge in [-0.15, -0.1) is 11.3 Å². The second kappa shape index (κ2) is 5.86. The molecule has 3 rings (SSSR count). The van der Waals surface area contributed by atoms with Crippen LogP contribution >= 0.6 is 11.3 Å². The van der Waals surface area contributed by atoms with E-state index in [1.54, 1.807) is 11.3 Å². The van der Waals surface area contributed by atoms with Gasteiger partial charge in [0.15, 0.2) is 0 Å². The summed E-state index contributed by atoms with van der Waals surface area (Å²) in [5, 5.41) is 0. The monoisotopic (exact) mass is 292 g/mol. The summed E-state index contributed by atoms with van der Waals surface area (Å²) in [5.41, 5.74) is 7.14. The van der Waals surface area contributed by atoms with Crippen molar-refractivity contribution in [2.45, 2.75) is 39.0 Å². The molecule has 0 saturated carbocycles. The fourth-order valence-corrected chi connectivity index (χ4v) is 4.52. The van der Waals surface area contributed by atoms with Crippen LogP contribution in [0.15, 0.2) is 6.07 Å². The molecule has 0 aromatic carbocycles. The van der Waals surface area contributed by atoms with Crippen molar-refractivity contribution in [1.82, 2.24) is 4.90 Å². The number of carbonyl (C=O) groups is 1. The fourth-order valence-electron chi connectivity index (χ4n) is 3.34. The predicted octanol–water partition coefficient (Wildman–Crippen LogP) is 2.68. The molecule has 1 aromatic rings. The van der Waals surface area contributed by atoms with Gasteiger partial charge in [-0.05, 0) is 62.1 Å². The van der Waals surface area contributed by atoms with Crippen LogP contribution in [0.25, 0.3) is 0 Å². The minimum absolute atomic E-state index is 0.243. The number of hydrogen-bond donors (Lipinski definition) is 1. The third-order valence-electron chi connectivity index (χ3n) is 4.78. The molecule has 2 heterocycles. The molecule has 4 heteroatoms. The molecule has 110 valence electrons. The topological polar surface area (TPSA) is 46.3 Å². The summed E-state index contributed by atoms with van der Waals surface area (Å²) >= 11 is 1.73. The molecule has 0 bridgehead atoms. The summed E-state index contributed by atoms with van der Waals surface area (Å²) in [7, 11) is 0. The molecule has 1 fully saturated rings. The van der Waals surface area contributed by atoms with Crippen molar-refractivity contribution in [1.29, 1.82) is 0 Å². The average Bonchev–Trinajstić information content (AvgIpc) is 2.89.